The van der Waals surface area contributed by atoms with Crippen molar-refractivity contribution in [2.24, 2.45) is 5.92 Å². The molecule has 0 saturated carbocycles. The van der Waals surface area contributed by atoms with Crippen LogP contribution in [0, 0.1) is 5.92 Å². The van der Waals surface area contributed by atoms with Crippen LogP contribution in [-0.2, 0) is 14.3 Å². The van der Waals surface area contributed by atoms with Gasteiger partial charge in [-0.05, 0) is 13.3 Å². The van der Waals surface area contributed by atoms with Gasteiger partial charge in [0.2, 0.25) is 0 Å². The maximum atomic E-state index is 11.0. The summed E-state index contributed by atoms with van der Waals surface area (Å²) in [6.45, 7) is 4.21. The highest BCUT2D eigenvalue weighted by Gasteiger charge is 2.12. The van der Waals surface area contributed by atoms with Crippen molar-refractivity contribution in [2.45, 2.75) is 39.5 Å². The Labute approximate surface area is 79.5 Å². The Morgan fingerprint density at radius 3 is 2.62 bits per heavy atom. The van der Waals surface area contributed by atoms with Gasteiger partial charge in [0, 0.05) is 5.92 Å². The molecule has 0 aromatic rings. The molecular formula is C10H18O3. The van der Waals surface area contributed by atoms with Crippen LogP contribution < -0.4 is 0 Å². The number of ether oxygens (including phenoxy) is 1. The van der Waals surface area contributed by atoms with Crippen molar-refractivity contribution in [3.05, 3.63) is 0 Å². The third-order valence-corrected chi connectivity index (χ3v) is 1.86. The van der Waals surface area contributed by atoms with Crippen molar-refractivity contribution in [1.82, 2.24) is 0 Å². The summed E-state index contributed by atoms with van der Waals surface area (Å²) >= 11 is 0. The third-order valence-electron chi connectivity index (χ3n) is 1.86. The van der Waals surface area contributed by atoms with Crippen molar-refractivity contribution < 1.29 is 14.3 Å². The predicted molar refractivity (Wildman–Crippen MR) is 50.3 cm³/mol. The van der Waals surface area contributed by atoms with Gasteiger partial charge in [-0.15, -0.1) is 0 Å². The maximum Gasteiger partial charge on any atom is 0.306 e. The topological polar surface area (TPSA) is 43.4 Å². The molecule has 0 aromatic heterocycles. The zero-order valence-electron chi connectivity index (χ0n) is 8.41. The Morgan fingerprint density at radius 2 is 2.15 bits per heavy atom. The van der Waals surface area contributed by atoms with Crippen LogP contribution >= 0.6 is 0 Å². The minimum atomic E-state index is -0.268. The highest BCUT2D eigenvalue weighted by molar-refractivity contribution is 5.73. The summed E-state index contributed by atoms with van der Waals surface area (Å²) in [4.78, 5) is 21.5. The van der Waals surface area contributed by atoms with E-state index < -0.39 is 0 Å². The van der Waals surface area contributed by atoms with Gasteiger partial charge in [-0.1, -0.05) is 19.8 Å². The molecule has 0 aromatic carbocycles. The molecule has 0 aliphatic carbocycles. The van der Waals surface area contributed by atoms with E-state index in [-0.39, 0.29) is 18.3 Å². The van der Waals surface area contributed by atoms with E-state index in [2.05, 4.69) is 6.92 Å². The first-order valence-electron chi connectivity index (χ1n) is 4.85. The van der Waals surface area contributed by atoms with Gasteiger partial charge in [0.05, 0.1) is 13.0 Å². The zero-order valence-corrected chi connectivity index (χ0v) is 8.41. The number of hydrogen-bond acceptors (Lipinski definition) is 3. The molecule has 0 radical (unpaired) electrons. The zero-order chi connectivity index (χ0) is 10.1. The fraction of sp³-hybridized carbons (Fsp3) is 0.800. The Bertz CT molecular complexity index is 154. The van der Waals surface area contributed by atoms with Crippen molar-refractivity contribution in [1.29, 1.82) is 0 Å². The molecule has 0 N–H and O–H groups in total. The quantitative estimate of drug-likeness (QED) is 0.451. The van der Waals surface area contributed by atoms with Gasteiger partial charge in [-0.25, -0.2) is 0 Å². The number of unbranched alkanes of at least 4 members (excludes halogenated alkanes) is 1. The third kappa shape index (κ3) is 6.31. The molecule has 0 aliphatic rings. The first-order valence-corrected chi connectivity index (χ1v) is 4.85. The lowest BCUT2D eigenvalue weighted by molar-refractivity contribution is -0.145. The normalized spacial score (nSPS) is 12.2. The Balaban J connectivity index is 3.69. The minimum absolute atomic E-state index is 0.154. The molecule has 3 heteroatoms. The van der Waals surface area contributed by atoms with Gasteiger partial charge in [-0.3, -0.25) is 4.79 Å². The van der Waals surface area contributed by atoms with Gasteiger partial charge >= 0.3 is 5.97 Å². The van der Waals surface area contributed by atoms with Gasteiger partial charge in [0.15, 0.2) is 0 Å². The molecular weight excluding hydrogens is 168 g/mol. The van der Waals surface area contributed by atoms with Gasteiger partial charge in [0.1, 0.15) is 6.29 Å². The van der Waals surface area contributed by atoms with E-state index in [1.54, 1.807) is 6.92 Å². The Hall–Kier alpha value is -0.860. The lowest BCUT2D eigenvalue weighted by atomic mass is 10.0. The molecule has 0 heterocycles. The number of carbonyl (C=O) groups excluding carboxylic acids is 2. The molecule has 13 heavy (non-hydrogen) atoms. The molecule has 3 nitrogen and oxygen atoms in total. The van der Waals surface area contributed by atoms with Crippen molar-refractivity contribution >= 4 is 12.3 Å². The van der Waals surface area contributed by atoms with E-state index in [0.717, 1.165) is 25.5 Å². The first kappa shape index (κ1) is 12.1. The second kappa shape index (κ2) is 7.77. The predicted octanol–water partition coefficient (Wildman–Crippen LogP) is 1.94. The monoisotopic (exact) mass is 186 g/mol. The first-order chi connectivity index (χ1) is 6.24. The second-order valence-corrected chi connectivity index (χ2v) is 3.05. The van der Waals surface area contributed by atoms with Crippen molar-refractivity contribution in [3.63, 3.8) is 0 Å². The van der Waals surface area contributed by atoms with Crippen LogP contribution in [0.2, 0.25) is 0 Å². The van der Waals surface area contributed by atoms with E-state index in [4.69, 9.17) is 4.74 Å². The fourth-order valence-electron chi connectivity index (χ4n) is 1.12. The van der Waals surface area contributed by atoms with E-state index >= 15 is 0 Å². The lowest BCUT2D eigenvalue weighted by Crippen LogP contribution is -2.12. The number of esters is 1. The molecule has 0 fully saturated rings. The van der Waals surface area contributed by atoms with Crippen LogP contribution in [0.4, 0.5) is 0 Å². The van der Waals surface area contributed by atoms with Gasteiger partial charge < -0.3 is 9.53 Å². The summed E-state index contributed by atoms with van der Waals surface area (Å²) < 4.78 is 4.76. The Morgan fingerprint density at radius 1 is 1.46 bits per heavy atom. The molecule has 0 aliphatic heterocycles. The molecule has 0 bridgehead atoms. The maximum absolute atomic E-state index is 11.0. The molecule has 0 saturated heterocycles. The van der Waals surface area contributed by atoms with Crippen LogP contribution in [-0.4, -0.2) is 18.9 Å². The molecule has 0 amide bonds. The number of aldehydes is 1. The summed E-state index contributed by atoms with van der Waals surface area (Å²) in [5.74, 6) is -0.422. The van der Waals surface area contributed by atoms with E-state index in [9.17, 15) is 9.59 Å². The lowest BCUT2D eigenvalue weighted by Gasteiger charge is -2.07. The molecule has 0 spiro atoms. The summed E-state index contributed by atoms with van der Waals surface area (Å²) in [5, 5.41) is 0. The summed E-state index contributed by atoms with van der Waals surface area (Å²) in [6.07, 6.45) is 3.92. The number of carbonyl (C=O) groups is 2. The highest BCUT2D eigenvalue weighted by Crippen LogP contribution is 2.10. The van der Waals surface area contributed by atoms with Gasteiger partial charge in [0.25, 0.3) is 0 Å². The standard InChI is InChI=1S/C10H18O3/c1-3-5-6-9(8-11)7-10(12)13-4-2/h8-9H,3-7H2,1-2H3/t9-/m0/s1. The van der Waals surface area contributed by atoms with Crippen LogP contribution in [0.5, 0.6) is 0 Å². The highest BCUT2D eigenvalue weighted by atomic mass is 16.5. The van der Waals surface area contributed by atoms with E-state index in [0.29, 0.717) is 6.61 Å². The second-order valence-electron chi connectivity index (χ2n) is 3.05. The Kier molecular flexibility index (Phi) is 7.26. The van der Waals surface area contributed by atoms with E-state index in [1.807, 2.05) is 0 Å². The molecule has 0 rings (SSSR count). The van der Waals surface area contributed by atoms with Gasteiger partial charge in [-0.2, -0.15) is 0 Å². The average Bonchev–Trinajstić information content (AvgIpc) is 2.12. The summed E-state index contributed by atoms with van der Waals surface area (Å²) in [6, 6.07) is 0. The van der Waals surface area contributed by atoms with Crippen molar-refractivity contribution in [2.75, 3.05) is 6.61 Å². The summed E-state index contributed by atoms with van der Waals surface area (Å²) in [7, 11) is 0. The van der Waals surface area contributed by atoms with Crippen LogP contribution in [0.3, 0.4) is 0 Å². The largest absolute Gasteiger partial charge is 0.466 e. The average molecular weight is 186 g/mol. The molecule has 0 unspecified atom stereocenters. The fourth-order valence-corrected chi connectivity index (χ4v) is 1.12. The molecule has 76 valence electrons. The number of rotatable bonds is 7. The molecule has 1 atom stereocenters. The van der Waals surface area contributed by atoms with Crippen LogP contribution in [0.1, 0.15) is 39.5 Å². The SMILES string of the molecule is CCCC[C@H](C=O)CC(=O)OCC. The minimum Gasteiger partial charge on any atom is -0.466 e. The summed E-state index contributed by atoms with van der Waals surface area (Å²) in [5.41, 5.74) is 0. The smallest absolute Gasteiger partial charge is 0.306 e. The van der Waals surface area contributed by atoms with Crippen molar-refractivity contribution in [3.8, 4) is 0 Å². The van der Waals surface area contributed by atoms with Crippen LogP contribution in [0.25, 0.3) is 0 Å². The number of hydrogen-bond donors (Lipinski definition) is 0. The van der Waals surface area contributed by atoms with Crippen LogP contribution in [0.15, 0.2) is 0 Å². The van der Waals surface area contributed by atoms with E-state index in [1.165, 1.54) is 0 Å².